The third kappa shape index (κ3) is 3.21. The highest BCUT2D eigenvalue weighted by Crippen LogP contribution is 2.47. The second-order valence-corrected chi connectivity index (χ2v) is 9.01. The minimum absolute atomic E-state index is 0.124. The number of hydrogen-bond acceptors (Lipinski definition) is 4. The fraction of sp³-hybridized carbons (Fsp3) is 0.348. The van der Waals surface area contributed by atoms with Gasteiger partial charge in [0.25, 0.3) is 5.91 Å². The van der Waals surface area contributed by atoms with Crippen molar-refractivity contribution in [2.24, 2.45) is 0 Å². The molecular weight excluding hydrogens is 448 g/mol. The molecule has 2 heterocycles. The predicted octanol–water partition coefficient (Wildman–Crippen LogP) is 3.80. The summed E-state index contributed by atoms with van der Waals surface area (Å²) in [7, 11) is 1.59. The molecule has 156 valence electrons. The second-order valence-electron chi connectivity index (χ2n) is 8.15. The molecule has 0 saturated carbocycles. The predicted molar refractivity (Wildman–Crippen MR) is 116 cm³/mol. The van der Waals surface area contributed by atoms with E-state index in [-0.39, 0.29) is 30.7 Å². The molecule has 7 heteroatoms. The third-order valence-electron chi connectivity index (χ3n) is 5.92. The number of nitrogens with zero attached hydrogens (tertiary/aromatic N) is 2. The number of methoxy groups -OCH3 is 1. The van der Waals surface area contributed by atoms with Crippen LogP contribution in [-0.4, -0.2) is 35.8 Å². The number of ether oxygens (including phenoxy) is 1. The van der Waals surface area contributed by atoms with Gasteiger partial charge in [-0.3, -0.25) is 24.2 Å². The molecule has 0 spiro atoms. The number of anilines is 1. The molecule has 0 N–H and O–H groups in total. The maximum Gasteiger partial charge on any atom is 0.252 e. The lowest BCUT2D eigenvalue weighted by Crippen LogP contribution is -2.56. The maximum absolute atomic E-state index is 13.4. The molecule has 1 fully saturated rings. The molecule has 4 rings (SSSR count). The van der Waals surface area contributed by atoms with Crippen molar-refractivity contribution < 1.29 is 19.1 Å². The Morgan fingerprint density at radius 1 is 1.10 bits per heavy atom. The minimum atomic E-state index is -0.752. The van der Waals surface area contributed by atoms with Crippen LogP contribution in [0.1, 0.15) is 37.8 Å². The van der Waals surface area contributed by atoms with Gasteiger partial charge < -0.3 is 4.74 Å². The minimum Gasteiger partial charge on any atom is -0.497 e. The molecule has 2 aromatic rings. The number of amides is 3. The molecule has 1 saturated heterocycles. The SMILES string of the molecule is COc1ccc(CN2C(=O)CC[C@@H](N3C(=O)C(C)(C)c4c(Br)cccc43)C2=O)cc1. The number of benzene rings is 2. The summed E-state index contributed by atoms with van der Waals surface area (Å²) in [6, 6.07) is 12.2. The number of fused-ring (bicyclic) bond motifs is 1. The van der Waals surface area contributed by atoms with E-state index in [1.54, 1.807) is 24.1 Å². The van der Waals surface area contributed by atoms with Crippen molar-refractivity contribution in [2.45, 2.75) is 44.7 Å². The molecule has 0 radical (unpaired) electrons. The Balaban J connectivity index is 1.65. The Morgan fingerprint density at radius 2 is 1.80 bits per heavy atom. The second kappa shape index (κ2) is 7.54. The van der Waals surface area contributed by atoms with Crippen molar-refractivity contribution in [3.8, 4) is 5.75 Å². The number of likely N-dealkylation sites (tertiary alicyclic amines) is 1. The van der Waals surface area contributed by atoms with E-state index >= 15 is 0 Å². The van der Waals surface area contributed by atoms with Gasteiger partial charge in [-0.15, -0.1) is 0 Å². The quantitative estimate of drug-likeness (QED) is 0.637. The molecule has 30 heavy (non-hydrogen) atoms. The van der Waals surface area contributed by atoms with Gasteiger partial charge in [-0.25, -0.2) is 0 Å². The van der Waals surface area contributed by atoms with Crippen LogP contribution in [0.5, 0.6) is 5.75 Å². The molecule has 2 aromatic carbocycles. The van der Waals surface area contributed by atoms with Crippen LogP contribution < -0.4 is 9.64 Å². The molecule has 0 unspecified atom stereocenters. The van der Waals surface area contributed by atoms with E-state index in [4.69, 9.17) is 4.74 Å². The summed E-state index contributed by atoms with van der Waals surface area (Å²) < 4.78 is 6.01. The van der Waals surface area contributed by atoms with Crippen molar-refractivity contribution in [2.75, 3.05) is 12.0 Å². The summed E-state index contributed by atoms with van der Waals surface area (Å²) >= 11 is 3.56. The largest absolute Gasteiger partial charge is 0.497 e. The average molecular weight is 471 g/mol. The van der Waals surface area contributed by atoms with E-state index in [1.807, 2.05) is 44.2 Å². The van der Waals surface area contributed by atoms with Crippen LogP contribution in [0.4, 0.5) is 5.69 Å². The first-order chi connectivity index (χ1) is 14.3. The number of rotatable bonds is 4. The van der Waals surface area contributed by atoms with Gasteiger partial charge in [0.05, 0.1) is 19.1 Å². The number of imide groups is 1. The summed E-state index contributed by atoms with van der Waals surface area (Å²) in [6.07, 6.45) is 0.546. The Morgan fingerprint density at radius 3 is 2.47 bits per heavy atom. The van der Waals surface area contributed by atoms with Gasteiger partial charge in [0.2, 0.25) is 11.8 Å². The molecule has 2 aliphatic heterocycles. The summed E-state index contributed by atoms with van der Waals surface area (Å²) in [5.41, 5.74) is 1.69. The van der Waals surface area contributed by atoms with Gasteiger partial charge >= 0.3 is 0 Å². The molecule has 0 bridgehead atoms. The van der Waals surface area contributed by atoms with E-state index < -0.39 is 11.5 Å². The summed E-state index contributed by atoms with van der Waals surface area (Å²) in [4.78, 5) is 42.1. The van der Waals surface area contributed by atoms with Crippen molar-refractivity contribution in [1.82, 2.24) is 4.90 Å². The van der Waals surface area contributed by atoms with Crippen LogP contribution in [0.15, 0.2) is 46.9 Å². The van der Waals surface area contributed by atoms with Crippen LogP contribution in [0.2, 0.25) is 0 Å². The number of piperidine rings is 1. The van der Waals surface area contributed by atoms with E-state index in [9.17, 15) is 14.4 Å². The van der Waals surface area contributed by atoms with Gasteiger partial charge in [-0.1, -0.05) is 34.1 Å². The van der Waals surface area contributed by atoms with Crippen molar-refractivity contribution >= 4 is 39.3 Å². The molecular formula is C23H23BrN2O4. The topological polar surface area (TPSA) is 66.9 Å². The zero-order chi connectivity index (χ0) is 21.6. The standard InChI is InChI=1S/C23H23BrN2O4/c1-23(2)20-16(24)5-4-6-17(20)26(22(23)29)18-11-12-19(27)25(21(18)28)13-14-7-9-15(30-3)10-8-14/h4-10,18H,11-13H2,1-3H3/t18-/m1/s1. The zero-order valence-corrected chi connectivity index (χ0v) is 18.7. The Hall–Kier alpha value is -2.67. The molecule has 0 aliphatic carbocycles. The van der Waals surface area contributed by atoms with E-state index in [0.29, 0.717) is 12.2 Å². The van der Waals surface area contributed by atoms with Crippen LogP contribution in [0.3, 0.4) is 0 Å². The van der Waals surface area contributed by atoms with E-state index in [1.165, 1.54) is 4.90 Å². The smallest absolute Gasteiger partial charge is 0.252 e. The first kappa shape index (κ1) is 20.6. The highest BCUT2D eigenvalue weighted by molar-refractivity contribution is 9.10. The summed E-state index contributed by atoms with van der Waals surface area (Å²) in [6.45, 7) is 3.91. The zero-order valence-electron chi connectivity index (χ0n) is 17.1. The van der Waals surface area contributed by atoms with Crippen molar-refractivity contribution in [1.29, 1.82) is 0 Å². The third-order valence-corrected chi connectivity index (χ3v) is 6.59. The lowest BCUT2D eigenvalue weighted by atomic mass is 9.86. The summed E-state index contributed by atoms with van der Waals surface area (Å²) in [5, 5.41) is 0. The molecule has 0 aromatic heterocycles. The van der Waals surface area contributed by atoms with Crippen LogP contribution in [0.25, 0.3) is 0 Å². The highest BCUT2D eigenvalue weighted by Gasteiger charge is 2.51. The molecule has 3 amide bonds. The fourth-order valence-corrected chi connectivity index (χ4v) is 5.15. The van der Waals surface area contributed by atoms with E-state index in [2.05, 4.69) is 15.9 Å². The lowest BCUT2D eigenvalue weighted by molar-refractivity contribution is -0.150. The first-order valence-corrected chi connectivity index (χ1v) is 10.6. The number of halogens is 1. The average Bonchev–Trinajstić information content (AvgIpc) is 2.93. The van der Waals surface area contributed by atoms with Gasteiger partial charge in [0, 0.05) is 22.1 Å². The van der Waals surface area contributed by atoms with Gasteiger partial charge in [-0.2, -0.15) is 0 Å². The number of carbonyl (C=O) groups excluding carboxylic acids is 3. The monoisotopic (exact) mass is 470 g/mol. The number of hydrogen-bond donors (Lipinski definition) is 0. The Labute approximate surface area is 183 Å². The fourth-order valence-electron chi connectivity index (χ4n) is 4.30. The van der Waals surface area contributed by atoms with Crippen LogP contribution in [0, 0.1) is 0 Å². The van der Waals surface area contributed by atoms with Crippen LogP contribution >= 0.6 is 15.9 Å². The highest BCUT2D eigenvalue weighted by atomic mass is 79.9. The summed E-state index contributed by atoms with van der Waals surface area (Å²) in [5.74, 6) is 0.0352. The van der Waals surface area contributed by atoms with Crippen molar-refractivity contribution in [3.05, 3.63) is 58.1 Å². The maximum atomic E-state index is 13.4. The lowest BCUT2D eigenvalue weighted by Gasteiger charge is -2.36. The first-order valence-electron chi connectivity index (χ1n) is 9.85. The molecule has 2 aliphatic rings. The normalized spacial score (nSPS) is 20.5. The van der Waals surface area contributed by atoms with Crippen LogP contribution in [-0.2, 0) is 26.3 Å². The van der Waals surface area contributed by atoms with Gasteiger partial charge in [-0.05, 0) is 50.1 Å². The van der Waals surface area contributed by atoms with Gasteiger partial charge in [0.1, 0.15) is 11.8 Å². The molecule has 6 nitrogen and oxygen atoms in total. The van der Waals surface area contributed by atoms with Crippen molar-refractivity contribution in [3.63, 3.8) is 0 Å². The Kier molecular flexibility index (Phi) is 5.18. The van der Waals surface area contributed by atoms with E-state index in [0.717, 1.165) is 21.3 Å². The Bertz CT molecular complexity index is 1030. The molecule has 1 atom stereocenters. The number of carbonyl (C=O) groups is 3. The van der Waals surface area contributed by atoms with Gasteiger partial charge in [0.15, 0.2) is 0 Å².